The van der Waals surface area contributed by atoms with Crippen LogP contribution in [0.1, 0.15) is 17.3 Å². The van der Waals surface area contributed by atoms with Crippen LogP contribution in [-0.4, -0.2) is 17.9 Å². The SMILES string of the molecule is CC(Oc1ccccc1F)C(=O)NNC(=O)c1cc(F)cc(Br)c1. The number of halogens is 3. The predicted molar refractivity (Wildman–Crippen MR) is 86.2 cm³/mol. The quantitative estimate of drug-likeness (QED) is 0.778. The Labute approximate surface area is 145 Å². The maximum atomic E-state index is 13.5. The first kappa shape index (κ1) is 17.9. The fourth-order valence-electron chi connectivity index (χ4n) is 1.76. The Morgan fingerprint density at radius 2 is 1.83 bits per heavy atom. The average Bonchev–Trinajstić information content (AvgIpc) is 2.53. The van der Waals surface area contributed by atoms with E-state index in [9.17, 15) is 18.4 Å². The molecule has 0 aromatic heterocycles. The average molecular weight is 399 g/mol. The standard InChI is InChI=1S/C16H13BrF2N2O3/c1-9(24-14-5-3-2-4-13(14)19)15(22)20-21-16(23)10-6-11(17)8-12(18)7-10/h2-9H,1H3,(H,20,22)(H,21,23). The van der Waals surface area contributed by atoms with Crippen LogP contribution >= 0.6 is 15.9 Å². The van der Waals surface area contributed by atoms with E-state index in [0.717, 1.165) is 6.07 Å². The summed E-state index contributed by atoms with van der Waals surface area (Å²) in [6, 6.07) is 9.23. The van der Waals surface area contributed by atoms with Gasteiger partial charge >= 0.3 is 0 Å². The van der Waals surface area contributed by atoms with E-state index < -0.39 is 29.6 Å². The summed E-state index contributed by atoms with van der Waals surface area (Å²) in [4.78, 5) is 23.7. The van der Waals surface area contributed by atoms with E-state index in [1.165, 1.54) is 37.3 Å². The third-order valence-corrected chi connectivity index (χ3v) is 3.39. The molecule has 0 saturated carbocycles. The Hall–Kier alpha value is -2.48. The fourth-order valence-corrected chi connectivity index (χ4v) is 2.23. The smallest absolute Gasteiger partial charge is 0.279 e. The van der Waals surface area contributed by atoms with Crippen LogP contribution < -0.4 is 15.6 Å². The number of para-hydroxylation sites is 1. The van der Waals surface area contributed by atoms with Crippen LogP contribution in [0.2, 0.25) is 0 Å². The molecule has 126 valence electrons. The summed E-state index contributed by atoms with van der Waals surface area (Å²) in [6.07, 6.45) is -1.05. The zero-order valence-electron chi connectivity index (χ0n) is 12.5. The largest absolute Gasteiger partial charge is 0.478 e. The third kappa shape index (κ3) is 4.76. The van der Waals surface area contributed by atoms with Gasteiger partial charge in [-0.2, -0.15) is 0 Å². The first-order valence-electron chi connectivity index (χ1n) is 6.84. The molecule has 8 heteroatoms. The number of amides is 2. The maximum absolute atomic E-state index is 13.5. The molecule has 0 fully saturated rings. The molecule has 2 amide bonds. The van der Waals surface area contributed by atoms with Crippen molar-refractivity contribution in [3.05, 3.63) is 64.1 Å². The van der Waals surface area contributed by atoms with E-state index in [0.29, 0.717) is 4.47 Å². The molecule has 2 aromatic carbocycles. The Kier molecular flexibility index (Phi) is 5.86. The molecule has 24 heavy (non-hydrogen) atoms. The lowest BCUT2D eigenvalue weighted by molar-refractivity contribution is -0.128. The Morgan fingerprint density at radius 3 is 2.50 bits per heavy atom. The molecule has 0 aliphatic heterocycles. The van der Waals surface area contributed by atoms with Crippen LogP contribution in [0.5, 0.6) is 5.75 Å². The number of ether oxygens (including phenoxy) is 1. The summed E-state index contributed by atoms with van der Waals surface area (Å²) in [6.45, 7) is 1.40. The van der Waals surface area contributed by atoms with Crippen LogP contribution in [-0.2, 0) is 4.79 Å². The number of carbonyl (C=O) groups is 2. The van der Waals surface area contributed by atoms with Crippen LogP contribution in [0.4, 0.5) is 8.78 Å². The lowest BCUT2D eigenvalue weighted by Crippen LogP contribution is -2.47. The van der Waals surface area contributed by atoms with Crippen LogP contribution in [0.15, 0.2) is 46.9 Å². The lowest BCUT2D eigenvalue weighted by Gasteiger charge is -2.15. The molecule has 0 heterocycles. The number of benzene rings is 2. The van der Waals surface area contributed by atoms with Crippen LogP contribution in [0, 0.1) is 11.6 Å². The number of hydrazine groups is 1. The molecular formula is C16H13BrF2N2O3. The molecule has 2 N–H and O–H groups in total. The van der Waals surface area contributed by atoms with Crippen molar-refractivity contribution in [3.63, 3.8) is 0 Å². The van der Waals surface area contributed by atoms with Crippen molar-refractivity contribution in [1.82, 2.24) is 10.9 Å². The minimum absolute atomic E-state index is 0.0184. The van der Waals surface area contributed by atoms with Gasteiger partial charge in [0.1, 0.15) is 5.82 Å². The molecule has 5 nitrogen and oxygen atoms in total. The van der Waals surface area contributed by atoms with Crippen LogP contribution in [0.25, 0.3) is 0 Å². The first-order valence-corrected chi connectivity index (χ1v) is 7.63. The Morgan fingerprint density at radius 1 is 1.12 bits per heavy atom. The van der Waals surface area contributed by atoms with Gasteiger partial charge in [-0.25, -0.2) is 8.78 Å². The highest BCUT2D eigenvalue weighted by atomic mass is 79.9. The first-order chi connectivity index (χ1) is 11.4. The summed E-state index contributed by atoms with van der Waals surface area (Å²) in [7, 11) is 0. The van der Waals surface area contributed by atoms with Gasteiger partial charge in [0.05, 0.1) is 0 Å². The van der Waals surface area contributed by atoms with E-state index >= 15 is 0 Å². The number of carbonyl (C=O) groups excluding carboxylic acids is 2. The second-order valence-electron chi connectivity index (χ2n) is 4.79. The van der Waals surface area contributed by atoms with Gasteiger partial charge in [-0.05, 0) is 37.3 Å². The number of rotatable bonds is 4. The highest BCUT2D eigenvalue weighted by molar-refractivity contribution is 9.10. The molecule has 0 radical (unpaired) electrons. The lowest BCUT2D eigenvalue weighted by atomic mass is 10.2. The van der Waals surface area contributed by atoms with Crippen LogP contribution in [0.3, 0.4) is 0 Å². The summed E-state index contributed by atoms with van der Waals surface area (Å²) in [5.41, 5.74) is 4.29. The zero-order chi connectivity index (χ0) is 17.7. The summed E-state index contributed by atoms with van der Waals surface area (Å²) in [5, 5.41) is 0. The number of hydrogen-bond donors (Lipinski definition) is 2. The molecule has 1 unspecified atom stereocenters. The Bertz CT molecular complexity index is 750. The third-order valence-electron chi connectivity index (χ3n) is 2.93. The van der Waals surface area contributed by atoms with Crippen molar-refractivity contribution in [2.45, 2.75) is 13.0 Å². The predicted octanol–water partition coefficient (Wildman–Crippen LogP) is 2.96. The highest BCUT2D eigenvalue weighted by Crippen LogP contribution is 2.17. The van der Waals surface area contributed by atoms with Gasteiger partial charge in [-0.3, -0.25) is 20.4 Å². The second-order valence-corrected chi connectivity index (χ2v) is 5.71. The monoisotopic (exact) mass is 398 g/mol. The molecule has 0 aliphatic carbocycles. The van der Waals surface area contributed by atoms with E-state index in [2.05, 4.69) is 26.8 Å². The molecule has 0 saturated heterocycles. The van der Waals surface area contributed by atoms with Gasteiger partial charge in [-0.15, -0.1) is 0 Å². The van der Waals surface area contributed by atoms with Gasteiger partial charge in [0.2, 0.25) is 0 Å². The van der Waals surface area contributed by atoms with Gasteiger partial charge in [0.15, 0.2) is 17.7 Å². The maximum Gasteiger partial charge on any atom is 0.279 e. The van der Waals surface area contributed by atoms with E-state index in [1.54, 1.807) is 6.07 Å². The summed E-state index contributed by atoms with van der Waals surface area (Å²) >= 11 is 3.07. The highest BCUT2D eigenvalue weighted by Gasteiger charge is 2.17. The van der Waals surface area contributed by atoms with Crippen molar-refractivity contribution < 1.29 is 23.1 Å². The van der Waals surface area contributed by atoms with Crippen molar-refractivity contribution in [3.8, 4) is 5.75 Å². The van der Waals surface area contributed by atoms with E-state index in [-0.39, 0.29) is 11.3 Å². The van der Waals surface area contributed by atoms with Gasteiger partial charge < -0.3 is 4.74 Å². The summed E-state index contributed by atoms with van der Waals surface area (Å²) < 4.78 is 32.3. The van der Waals surface area contributed by atoms with Crippen molar-refractivity contribution in [2.75, 3.05) is 0 Å². The molecule has 2 aromatic rings. The van der Waals surface area contributed by atoms with Crippen molar-refractivity contribution >= 4 is 27.7 Å². The normalized spacial score (nSPS) is 11.5. The molecule has 0 aliphatic rings. The van der Waals surface area contributed by atoms with Gasteiger partial charge in [0, 0.05) is 10.0 Å². The molecule has 2 rings (SSSR count). The fraction of sp³-hybridized carbons (Fsp3) is 0.125. The van der Waals surface area contributed by atoms with Gasteiger partial charge in [-0.1, -0.05) is 28.1 Å². The van der Waals surface area contributed by atoms with E-state index in [1.807, 2.05) is 0 Å². The second kappa shape index (κ2) is 7.87. The summed E-state index contributed by atoms with van der Waals surface area (Å²) in [5.74, 6) is -2.69. The Balaban J connectivity index is 1.92. The number of nitrogens with one attached hydrogen (secondary N) is 2. The molecule has 0 spiro atoms. The minimum atomic E-state index is -1.05. The van der Waals surface area contributed by atoms with E-state index in [4.69, 9.17) is 4.74 Å². The number of hydrogen-bond acceptors (Lipinski definition) is 3. The van der Waals surface area contributed by atoms with Gasteiger partial charge in [0.25, 0.3) is 11.8 Å². The zero-order valence-corrected chi connectivity index (χ0v) is 14.1. The van der Waals surface area contributed by atoms with Crippen molar-refractivity contribution in [1.29, 1.82) is 0 Å². The minimum Gasteiger partial charge on any atom is -0.478 e. The molecule has 0 bridgehead atoms. The topological polar surface area (TPSA) is 67.4 Å². The van der Waals surface area contributed by atoms with Crippen molar-refractivity contribution in [2.24, 2.45) is 0 Å². The molecule has 1 atom stereocenters. The molecular weight excluding hydrogens is 386 g/mol.